The number of benzene rings is 3. The van der Waals surface area contributed by atoms with Gasteiger partial charge in [0.25, 0.3) is 0 Å². The van der Waals surface area contributed by atoms with E-state index in [4.69, 9.17) is 5.73 Å². The molecule has 36 heavy (non-hydrogen) atoms. The topological polar surface area (TPSA) is 49.5 Å². The molecule has 0 spiro atoms. The van der Waals surface area contributed by atoms with E-state index in [1.54, 1.807) is 0 Å². The summed E-state index contributed by atoms with van der Waals surface area (Å²) in [6, 6.07) is 28.9. The van der Waals surface area contributed by atoms with Crippen molar-refractivity contribution in [1.29, 1.82) is 0 Å². The third kappa shape index (κ3) is 6.46. The van der Waals surface area contributed by atoms with Crippen LogP contribution in [0.4, 0.5) is 5.69 Å². The average molecular weight is 483 g/mol. The average Bonchev–Trinajstić information content (AvgIpc) is 3.80. The van der Waals surface area contributed by atoms with Gasteiger partial charge < -0.3 is 15.7 Å². The molecular formula is C33H42N2O. The number of hydrogen-bond donors (Lipinski definition) is 2. The Kier molecular flexibility index (Phi) is 9.38. The lowest BCUT2D eigenvalue weighted by atomic mass is 9.85. The van der Waals surface area contributed by atoms with Crippen molar-refractivity contribution < 1.29 is 5.11 Å². The smallest absolute Gasteiger partial charge is 0.0434 e. The number of nitrogens with zero attached hydrogens (tertiary/aromatic N) is 1. The number of allylic oxidation sites excluding steroid dienone is 1. The van der Waals surface area contributed by atoms with E-state index in [1.165, 1.54) is 66.6 Å². The lowest BCUT2D eigenvalue weighted by Gasteiger charge is -2.32. The molecular weight excluding hydrogens is 440 g/mol. The molecule has 190 valence electrons. The Hall–Kier alpha value is -2.88. The van der Waals surface area contributed by atoms with E-state index in [-0.39, 0.29) is 6.61 Å². The fourth-order valence-electron chi connectivity index (χ4n) is 5.43. The summed E-state index contributed by atoms with van der Waals surface area (Å²) in [5, 5.41) is 9.62. The highest BCUT2D eigenvalue weighted by molar-refractivity contribution is 5.98. The monoisotopic (exact) mass is 482 g/mol. The fourth-order valence-corrected chi connectivity index (χ4v) is 5.43. The SMILES string of the molecule is CC.Nc1ccc(/C(=C(\CCCO)c2ccccc2)c2ccc(C3CCN(C4CC4)CC3)cc2)cc1. The second-order valence-electron chi connectivity index (χ2n) is 9.83. The number of anilines is 1. The molecule has 5 rings (SSSR count). The summed E-state index contributed by atoms with van der Waals surface area (Å²) >= 11 is 0. The van der Waals surface area contributed by atoms with Crippen molar-refractivity contribution in [1.82, 2.24) is 4.90 Å². The first-order valence-corrected chi connectivity index (χ1v) is 13.8. The molecule has 0 radical (unpaired) electrons. The molecule has 0 aromatic heterocycles. The number of piperidine rings is 1. The zero-order valence-corrected chi connectivity index (χ0v) is 22.0. The zero-order valence-electron chi connectivity index (χ0n) is 22.0. The summed E-state index contributed by atoms with van der Waals surface area (Å²) < 4.78 is 0. The van der Waals surface area contributed by atoms with E-state index in [0.29, 0.717) is 5.92 Å². The molecule has 1 heterocycles. The van der Waals surface area contributed by atoms with Gasteiger partial charge >= 0.3 is 0 Å². The molecule has 2 fully saturated rings. The Morgan fingerprint density at radius 3 is 1.92 bits per heavy atom. The number of rotatable bonds is 8. The molecule has 1 saturated carbocycles. The van der Waals surface area contributed by atoms with E-state index in [0.717, 1.165) is 30.1 Å². The van der Waals surface area contributed by atoms with Crippen LogP contribution in [-0.2, 0) is 0 Å². The minimum absolute atomic E-state index is 0.184. The second kappa shape index (κ2) is 12.9. The Morgan fingerprint density at radius 2 is 1.36 bits per heavy atom. The van der Waals surface area contributed by atoms with Crippen LogP contribution in [0, 0.1) is 0 Å². The van der Waals surface area contributed by atoms with Gasteiger partial charge in [0, 0.05) is 18.3 Å². The number of aliphatic hydroxyl groups excluding tert-OH is 1. The number of aliphatic hydroxyl groups is 1. The maximum Gasteiger partial charge on any atom is 0.0434 e. The summed E-state index contributed by atoms with van der Waals surface area (Å²) in [6.45, 7) is 6.67. The van der Waals surface area contributed by atoms with Crippen molar-refractivity contribution in [3.8, 4) is 0 Å². The van der Waals surface area contributed by atoms with Gasteiger partial charge in [-0.15, -0.1) is 0 Å². The van der Waals surface area contributed by atoms with Gasteiger partial charge in [0.15, 0.2) is 0 Å². The van der Waals surface area contributed by atoms with Crippen LogP contribution in [0.3, 0.4) is 0 Å². The number of nitrogens with two attached hydrogens (primary N) is 1. The molecule has 3 N–H and O–H groups in total. The van der Waals surface area contributed by atoms with Crippen molar-refractivity contribution in [2.75, 3.05) is 25.4 Å². The summed E-state index contributed by atoms with van der Waals surface area (Å²) in [5.74, 6) is 0.663. The first-order chi connectivity index (χ1) is 17.7. The van der Waals surface area contributed by atoms with Crippen molar-refractivity contribution in [2.24, 2.45) is 0 Å². The molecule has 3 aromatic rings. The van der Waals surface area contributed by atoms with Gasteiger partial charge in [0.2, 0.25) is 0 Å². The van der Waals surface area contributed by atoms with Crippen LogP contribution in [0.1, 0.15) is 80.5 Å². The Bertz CT molecular complexity index is 1090. The van der Waals surface area contributed by atoms with Crippen LogP contribution in [-0.4, -0.2) is 35.7 Å². The minimum atomic E-state index is 0.184. The second-order valence-corrected chi connectivity index (χ2v) is 9.83. The Morgan fingerprint density at radius 1 is 0.778 bits per heavy atom. The van der Waals surface area contributed by atoms with Crippen molar-refractivity contribution in [2.45, 2.75) is 64.3 Å². The van der Waals surface area contributed by atoms with Crippen molar-refractivity contribution >= 4 is 16.8 Å². The lowest BCUT2D eigenvalue weighted by Crippen LogP contribution is -2.34. The van der Waals surface area contributed by atoms with Crippen LogP contribution in [0.25, 0.3) is 11.1 Å². The first kappa shape index (κ1) is 26.2. The first-order valence-electron chi connectivity index (χ1n) is 13.8. The van der Waals surface area contributed by atoms with Crippen LogP contribution in [0.5, 0.6) is 0 Å². The number of hydrogen-bond acceptors (Lipinski definition) is 3. The van der Waals surface area contributed by atoms with E-state index in [2.05, 4.69) is 71.6 Å². The summed E-state index contributed by atoms with van der Waals surface area (Å²) in [6.07, 6.45) is 6.89. The number of nitrogen functional groups attached to an aromatic ring is 1. The Labute approximate surface area is 217 Å². The summed E-state index contributed by atoms with van der Waals surface area (Å²) in [7, 11) is 0. The van der Waals surface area contributed by atoms with Crippen LogP contribution < -0.4 is 5.73 Å². The summed E-state index contributed by atoms with van der Waals surface area (Å²) in [5.41, 5.74) is 14.3. The van der Waals surface area contributed by atoms with Crippen LogP contribution >= 0.6 is 0 Å². The number of likely N-dealkylation sites (tertiary alicyclic amines) is 1. The molecule has 3 nitrogen and oxygen atoms in total. The van der Waals surface area contributed by atoms with Crippen LogP contribution in [0.15, 0.2) is 78.9 Å². The molecule has 0 unspecified atom stereocenters. The summed E-state index contributed by atoms with van der Waals surface area (Å²) in [4.78, 5) is 2.69. The molecule has 0 bridgehead atoms. The highest BCUT2D eigenvalue weighted by Crippen LogP contribution is 2.38. The molecule has 3 aromatic carbocycles. The van der Waals surface area contributed by atoms with Gasteiger partial charge in [-0.1, -0.05) is 80.6 Å². The quantitative estimate of drug-likeness (QED) is 0.260. The lowest BCUT2D eigenvalue weighted by molar-refractivity contribution is 0.203. The minimum Gasteiger partial charge on any atom is -0.399 e. The predicted octanol–water partition coefficient (Wildman–Crippen LogP) is 7.37. The van der Waals surface area contributed by atoms with E-state index in [1.807, 2.05) is 26.0 Å². The third-order valence-electron chi connectivity index (χ3n) is 7.47. The maximum absolute atomic E-state index is 9.62. The van der Waals surface area contributed by atoms with Gasteiger partial charge in [-0.3, -0.25) is 0 Å². The molecule has 2 aliphatic rings. The third-order valence-corrected chi connectivity index (χ3v) is 7.47. The molecule has 1 aliphatic heterocycles. The maximum atomic E-state index is 9.62. The van der Waals surface area contributed by atoms with Gasteiger partial charge in [-0.05, 0) is 103 Å². The fraction of sp³-hybridized carbons (Fsp3) is 0.394. The van der Waals surface area contributed by atoms with E-state index in [9.17, 15) is 5.11 Å². The van der Waals surface area contributed by atoms with E-state index < -0.39 is 0 Å². The normalized spacial score (nSPS) is 17.2. The van der Waals surface area contributed by atoms with Gasteiger partial charge in [0.05, 0.1) is 0 Å². The zero-order chi connectivity index (χ0) is 25.3. The van der Waals surface area contributed by atoms with Gasteiger partial charge in [-0.2, -0.15) is 0 Å². The van der Waals surface area contributed by atoms with E-state index >= 15 is 0 Å². The van der Waals surface area contributed by atoms with Crippen LogP contribution in [0.2, 0.25) is 0 Å². The highest BCUT2D eigenvalue weighted by Gasteiger charge is 2.32. The largest absolute Gasteiger partial charge is 0.399 e. The molecule has 0 amide bonds. The molecule has 0 atom stereocenters. The predicted molar refractivity (Wildman–Crippen MR) is 154 cm³/mol. The highest BCUT2D eigenvalue weighted by atomic mass is 16.2. The Balaban J connectivity index is 0.00000148. The van der Waals surface area contributed by atoms with Crippen molar-refractivity contribution in [3.63, 3.8) is 0 Å². The molecule has 1 aliphatic carbocycles. The van der Waals surface area contributed by atoms with Gasteiger partial charge in [0.1, 0.15) is 0 Å². The standard InChI is InChI=1S/C31H36N2O.C2H6/c32-28-14-12-27(13-15-28)31(30(7-4-22-34)25-5-2-1-3-6-25)26-10-8-23(9-11-26)24-18-20-33(21-19-24)29-16-17-29;1-2/h1-3,5-6,8-15,24,29,34H,4,7,16-22,32H2;1-2H3/b31-30+;. The van der Waals surface area contributed by atoms with Gasteiger partial charge in [-0.25, -0.2) is 0 Å². The molecule has 3 heteroatoms. The molecule has 1 saturated heterocycles. The van der Waals surface area contributed by atoms with Crippen molar-refractivity contribution in [3.05, 3.63) is 101 Å².